The van der Waals surface area contributed by atoms with Crippen LogP contribution < -0.4 is 4.74 Å². The molecule has 4 rings (SSSR count). The second-order valence-corrected chi connectivity index (χ2v) is 8.71. The smallest absolute Gasteiger partial charge is 0.341 e. The van der Waals surface area contributed by atoms with Crippen LogP contribution in [0, 0.1) is 0 Å². The number of fused-ring (bicyclic) bond motifs is 1. The minimum absolute atomic E-state index is 0.0388. The quantitative estimate of drug-likeness (QED) is 0.439. The van der Waals surface area contributed by atoms with E-state index in [1.165, 1.54) is 23.1 Å². The molecular formula is C23H15Cl2NO5S. The summed E-state index contributed by atoms with van der Waals surface area (Å²) < 4.78 is 5.09. The topological polar surface area (TPSA) is 83.9 Å². The summed E-state index contributed by atoms with van der Waals surface area (Å²) >= 11 is 13.2. The van der Waals surface area contributed by atoms with E-state index in [0.29, 0.717) is 5.56 Å². The molecule has 1 aliphatic heterocycles. The first-order valence-electron chi connectivity index (χ1n) is 9.39. The number of benzene rings is 3. The highest BCUT2D eigenvalue weighted by Gasteiger charge is 2.35. The Bertz CT molecular complexity index is 1260. The largest absolute Gasteiger partial charge is 0.479 e. The molecule has 1 saturated heterocycles. The number of imide groups is 1. The number of amides is 2. The van der Waals surface area contributed by atoms with E-state index in [-0.39, 0.29) is 32.5 Å². The van der Waals surface area contributed by atoms with Gasteiger partial charge in [-0.2, -0.15) is 0 Å². The van der Waals surface area contributed by atoms with Crippen LogP contribution in [-0.4, -0.2) is 33.7 Å². The highest BCUT2D eigenvalue weighted by Crippen LogP contribution is 2.38. The van der Waals surface area contributed by atoms with Crippen molar-refractivity contribution in [3.05, 3.63) is 80.7 Å². The fourth-order valence-corrected chi connectivity index (χ4v) is 4.77. The van der Waals surface area contributed by atoms with Crippen molar-refractivity contribution in [1.29, 1.82) is 0 Å². The molecule has 1 fully saturated rings. The van der Waals surface area contributed by atoms with E-state index in [2.05, 4.69) is 0 Å². The van der Waals surface area contributed by atoms with Gasteiger partial charge in [0.25, 0.3) is 11.1 Å². The monoisotopic (exact) mass is 487 g/mol. The molecule has 0 unspecified atom stereocenters. The summed E-state index contributed by atoms with van der Waals surface area (Å²) in [6, 6.07) is 16.5. The van der Waals surface area contributed by atoms with Crippen LogP contribution in [0.15, 0.2) is 59.5 Å². The maximum absolute atomic E-state index is 12.9. The molecule has 0 saturated carbocycles. The number of carboxylic acids is 1. The van der Waals surface area contributed by atoms with Gasteiger partial charge in [-0.1, -0.05) is 65.7 Å². The van der Waals surface area contributed by atoms with Crippen LogP contribution in [0.2, 0.25) is 10.0 Å². The zero-order valence-electron chi connectivity index (χ0n) is 16.4. The predicted molar refractivity (Wildman–Crippen MR) is 125 cm³/mol. The Labute approximate surface area is 197 Å². The van der Waals surface area contributed by atoms with Gasteiger partial charge in [0, 0.05) is 0 Å². The molecule has 0 spiro atoms. The summed E-state index contributed by atoms with van der Waals surface area (Å²) in [7, 11) is 0. The van der Waals surface area contributed by atoms with Gasteiger partial charge in [0.2, 0.25) is 0 Å². The zero-order chi connectivity index (χ0) is 22.8. The Morgan fingerprint density at radius 3 is 2.47 bits per heavy atom. The molecule has 0 aromatic heterocycles. The molecule has 2 amide bonds. The highest BCUT2D eigenvalue weighted by atomic mass is 35.5. The molecule has 0 atom stereocenters. The number of rotatable bonds is 6. The number of carbonyl (C=O) groups excluding carboxylic acids is 2. The average Bonchev–Trinajstić information content (AvgIpc) is 3.00. The van der Waals surface area contributed by atoms with Crippen LogP contribution in [0.25, 0.3) is 16.8 Å². The fourth-order valence-electron chi connectivity index (χ4n) is 3.32. The van der Waals surface area contributed by atoms with Gasteiger partial charge in [0.15, 0.2) is 12.4 Å². The lowest BCUT2D eigenvalue weighted by Gasteiger charge is -2.14. The second kappa shape index (κ2) is 9.24. The van der Waals surface area contributed by atoms with E-state index in [1.54, 1.807) is 0 Å². The Kier molecular flexibility index (Phi) is 6.41. The van der Waals surface area contributed by atoms with Crippen molar-refractivity contribution < 1.29 is 24.2 Å². The van der Waals surface area contributed by atoms with E-state index < -0.39 is 18.5 Å². The summed E-state index contributed by atoms with van der Waals surface area (Å²) in [6.07, 6.45) is 1.52. The van der Waals surface area contributed by atoms with Crippen molar-refractivity contribution in [3.63, 3.8) is 0 Å². The maximum Gasteiger partial charge on any atom is 0.341 e. The molecule has 1 aliphatic rings. The highest BCUT2D eigenvalue weighted by molar-refractivity contribution is 8.18. The van der Waals surface area contributed by atoms with E-state index >= 15 is 0 Å². The van der Waals surface area contributed by atoms with E-state index in [0.717, 1.165) is 28.1 Å². The van der Waals surface area contributed by atoms with Gasteiger partial charge in [0.1, 0.15) is 0 Å². The van der Waals surface area contributed by atoms with Crippen molar-refractivity contribution in [2.24, 2.45) is 0 Å². The number of hydrogen-bond donors (Lipinski definition) is 1. The average molecular weight is 488 g/mol. The van der Waals surface area contributed by atoms with E-state index in [4.69, 9.17) is 33.0 Å². The Hall–Kier alpha value is -3.00. The van der Waals surface area contributed by atoms with Crippen molar-refractivity contribution >= 4 is 68.9 Å². The molecule has 3 aromatic rings. The summed E-state index contributed by atoms with van der Waals surface area (Å²) in [5.41, 5.74) is 1.36. The molecule has 9 heteroatoms. The Morgan fingerprint density at radius 1 is 1.06 bits per heavy atom. The summed E-state index contributed by atoms with van der Waals surface area (Å²) in [5, 5.41) is 10.6. The van der Waals surface area contributed by atoms with Crippen LogP contribution in [0.3, 0.4) is 0 Å². The second-order valence-electron chi connectivity index (χ2n) is 6.90. The number of aliphatic carboxylic acids is 1. The summed E-state index contributed by atoms with van der Waals surface area (Å²) in [6.45, 7) is -0.432. The van der Waals surface area contributed by atoms with Crippen LogP contribution in [0.5, 0.6) is 5.75 Å². The third kappa shape index (κ3) is 4.60. The van der Waals surface area contributed by atoms with Gasteiger partial charge >= 0.3 is 5.97 Å². The molecule has 1 N–H and O–H groups in total. The summed E-state index contributed by atoms with van der Waals surface area (Å²) in [5.74, 6) is -1.54. The van der Waals surface area contributed by atoms with Crippen LogP contribution in [-0.2, 0) is 16.1 Å². The molecule has 32 heavy (non-hydrogen) atoms. The van der Waals surface area contributed by atoms with Crippen LogP contribution in [0.4, 0.5) is 4.79 Å². The van der Waals surface area contributed by atoms with Crippen molar-refractivity contribution in [2.75, 3.05) is 6.61 Å². The molecule has 0 bridgehead atoms. The molecule has 6 nitrogen and oxygen atoms in total. The number of carboxylic acid groups (broad SMARTS) is 1. The molecule has 162 valence electrons. The van der Waals surface area contributed by atoms with Gasteiger partial charge in [-0.3, -0.25) is 14.5 Å². The summed E-state index contributed by atoms with van der Waals surface area (Å²) in [4.78, 5) is 37.6. The van der Waals surface area contributed by atoms with E-state index in [1.807, 2.05) is 42.5 Å². The lowest BCUT2D eigenvalue weighted by Crippen LogP contribution is -2.27. The Morgan fingerprint density at radius 2 is 1.75 bits per heavy atom. The number of ether oxygens (including phenoxy) is 1. The first-order valence-corrected chi connectivity index (χ1v) is 11.0. The van der Waals surface area contributed by atoms with Crippen LogP contribution >= 0.6 is 35.0 Å². The first-order chi connectivity index (χ1) is 15.3. The van der Waals surface area contributed by atoms with Crippen molar-refractivity contribution in [3.8, 4) is 5.75 Å². The van der Waals surface area contributed by atoms with Gasteiger partial charge in [0.05, 0.1) is 21.5 Å². The number of carbonyl (C=O) groups is 3. The lowest BCUT2D eigenvalue weighted by molar-refractivity contribution is -0.139. The Balaban J connectivity index is 1.58. The number of halogens is 2. The van der Waals surface area contributed by atoms with E-state index in [9.17, 15) is 14.4 Å². The van der Waals surface area contributed by atoms with Gasteiger partial charge < -0.3 is 9.84 Å². The van der Waals surface area contributed by atoms with Crippen LogP contribution in [0.1, 0.15) is 11.1 Å². The fraction of sp³-hybridized carbons (Fsp3) is 0.0870. The van der Waals surface area contributed by atoms with Gasteiger partial charge in [-0.25, -0.2) is 4.79 Å². The molecule has 0 aliphatic carbocycles. The first kappa shape index (κ1) is 22.2. The minimum Gasteiger partial charge on any atom is -0.479 e. The van der Waals surface area contributed by atoms with Gasteiger partial charge in [-0.15, -0.1) is 0 Å². The molecule has 0 radical (unpaired) electrons. The SMILES string of the molecule is O=C(O)COc1c(Cl)cc(/C=C2\SC(=O)N(Cc3cccc4ccccc34)C2=O)cc1Cl. The van der Waals surface area contributed by atoms with Gasteiger partial charge in [-0.05, 0) is 51.9 Å². The maximum atomic E-state index is 12.9. The number of thioether (sulfide) groups is 1. The standard InChI is InChI=1S/C23H15Cl2NO5S/c24-17-8-13(9-18(25)21(17)31-12-20(27)28)10-19-22(29)26(23(30)32-19)11-15-6-3-5-14-4-1-2-7-16(14)15/h1-10H,11-12H2,(H,27,28)/b19-10-. The van der Waals surface area contributed by atoms with Crippen molar-refractivity contribution in [1.82, 2.24) is 4.90 Å². The number of hydrogen-bond acceptors (Lipinski definition) is 5. The molecular weight excluding hydrogens is 473 g/mol. The minimum atomic E-state index is -1.17. The number of nitrogens with zero attached hydrogens (tertiary/aromatic N) is 1. The molecule has 3 aromatic carbocycles. The zero-order valence-corrected chi connectivity index (χ0v) is 18.7. The third-order valence-corrected chi connectivity index (χ3v) is 6.21. The third-order valence-electron chi connectivity index (χ3n) is 4.74. The normalized spacial score (nSPS) is 15.1. The molecule has 1 heterocycles. The predicted octanol–water partition coefficient (Wildman–Crippen LogP) is 5.85. The van der Waals surface area contributed by atoms with Crippen molar-refractivity contribution in [2.45, 2.75) is 6.54 Å². The lowest BCUT2D eigenvalue weighted by atomic mass is 10.0.